The van der Waals surface area contributed by atoms with Crippen LogP contribution in [0.2, 0.25) is 0 Å². The number of aryl methyl sites for hydroxylation is 2. The van der Waals surface area contributed by atoms with Gasteiger partial charge in [0.25, 0.3) is 0 Å². The highest BCUT2D eigenvalue weighted by Crippen LogP contribution is 2.32. The third kappa shape index (κ3) is 4.62. The third-order valence-corrected chi connectivity index (χ3v) is 7.65. The molecule has 0 bridgehead atoms. The van der Waals surface area contributed by atoms with Crippen molar-refractivity contribution in [1.82, 2.24) is 0 Å². The number of hydrogen-bond donors (Lipinski definition) is 1. The molecule has 0 radical (unpaired) electrons. The van der Waals surface area contributed by atoms with E-state index in [-0.39, 0.29) is 11.5 Å². The summed E-state index contributed by atoms with van der Waals surface area (Å²) in [7, 11) is -6.89. The Bertz CT molecular complexity index is 1030. The smallest absolute Gasteiger partial charge is 0.236 e. The van der Waals surface area contributed by atoms with Crippen LogP contribution in [0.1, 0.15) is 30.0 Å². The molecule has 8 heteroatoms. The predicted octanol–water partition coefficient (Wildman–Crippen LogP) is 3.04. The van der Waals surface area contributed by atoms with Gasteiger partial charge in [-0.2, -0.15) is 0 Å². The molecule has 1 N–H and O–H groups in total. The van der Waals surface area contributed by atoms with Gasteiger partial charge in [0.1, 0.15) is 0 Å². The quantitative estimate of drug-likeness (QED) is 0.796. The van der Waals surface area contributed by atoms with Crippen molar-refractivity contribution in [3.63, 3.8) is 0 Å². The van der Waals surface area contributed by atoms with Crippen LogP contribution >= 0.6 is 0 Å². The lowest BCUT2D eigenvalue weighted by atomic mass is 10.0. The normalized spacial score (nSPS) is 14.7. The van der Waals surface area contributed by atoms with E-state index in [1.54, 1.807) is 37.3 Å². The molecule has 0 spiro atoms. The highest BCUT2D eigenvalue weighted by molar-refractivity contribution is 7.92. The van der Waals surface area contributed by atoms with Gasteiger partial charge in [-0.3, -0.25) is 9.03 Å². The fraction of sp³-hybridized carbons (Fsp3) is 0.368. The van der Waals surface area contributed by atoms with E-state index in [1.807, 2.05) is 19.1 Å². The Morgan fingerprint density at radius 1 is 1.04 bits per heavy atom. The van der Waals surface area contributed by atoms with Crippen molar-refractivity contribution in [2.75, 3.05) is 21.3 Å². The largest absolute Gasteiger partial charge is 0.283 e. The standard InChI is InChI=1S/C19H24N2O4S2/c1-3-27(24,25)21-12-4-5-17-13-18(10-11-19(17)21)20-26(22,23)14-16-8-6-15(2)7-9-16/h6-11,13,20H,3-5,12,14H2,1-2H3. The van der Waals surface area contributed by atoms with Gasteiger partial charge in [0.05, 0.1) is 17.2 Å². The van der Waals surface area contributed by atoms with E-state index >= 15 is 0 Å². The van der Waals surface area contributed by atoms with E-state index in [1.165, 1.54) is 4.31 Å². The van der Waals surface area contributed by atoms with Crippen LogP contribution in [0.25, 0.3) is 0 Å². The summed E-state index contributed by atoms with van der Waals surface area (Å²) in [6, 6.07) is 12.4. The zero-order valence-corrected chi connectivity index (χ0v) is 17.1. The number of nitrogens with one attached hydrogen (secondary N) is 1. The van der Waals surface area contributed by atoms with Gasteiger partial charge in [0.15, 0.2) is 0 Å². The fourth-order valence-corrected chi connectivity index (χ4v) is 5.58. The third-order valence-electron chi connectivity index (χ3n) is 4.61. The molecule has 146 valence electrons. The summed E-state index contributed by atoms with van der Waals surface area (Å²) in [5.74, 6) is -0.0714. The molecule has 0 aromatic heterocycles. The van der Waals surface area contributed by atoms with Gasteiger partial charge in [0.2, 0.25) is 20.0 Å². The van der Waals surface area contributed by atoms with Crippen LogP contribution in [0.4, 0.5) is 11.4 Å². The molecule has 1 heterocycles. The number of fused-ring (bicyclic) bond motifs is 1. The SMILES string of the molecule is CCS(=O)(=O)N1CCCc2cc(NS(=O)(=O)Cc3ccc(C)cc3)ccc21. The van der Waals surface area contributed by atoms with E-state index in [0.29, 0.717) is 29.9 Å². The van der Waals surface area contributed by atoms with Crippen LogP contribution < -0.4 is 9.03 Å². The molecule has 27 heavy (non-hydrogen) atoms. The molecule has 1 aliphatic rings. The molecular weight excluding hydrogens is 384 g/mol. The Labute approximate surface area is 161 Å². The van der Waals surface area contributed by atoms with Crippen molar-refractivity contribution in [2.45, 2.75) is 32.4 Å². The lowest BCUT2D eigenvalue weighted by Crippen LogP contribution is -2.36. The van der Waals surface area contributed by atoms with Gasteiger partial charge in [-0.25, -0.2) is 16.8 Å². The lowest BCUT2D eigenvalue weighted by Gasteiger charge is -2.30. The Hall–Kier alpha value is -2.06. The Kier molecular flexibility index (Phi) is 5.48. The zero-order valence-electron chi connectivity index (χ0n) is 15.5. The molecule has 0 fully saturated rings. The summed E-state index contributed by atoms with van der Waals surface area (Å²) in [5, 5.41) is 0. The maximum absolute atomic E-state index is 12.5. The summed E-state index contributed by atoms with van der Waals surface area (Å²) in [6.07, 6.45) is 1.43. The van der Waals surface area contributed by atoms with Crippen molar-refractivity contribution >= 4 is 31.4 Å². The first-order valence-electron chi connectivity index (χ1n) is 8.89. The molecule has 0 unspecified atom stereocenters. The molecule has 2 aromatic rings. The maximum atomic E-state index is 12.5. The monoisotopic (exact) mass is 408 g/mol. The summed E-state index contributed by atoms with van der Waals surface area (Å²) in [4.78, 5) is 0. The van der Waals surface area contributed by atoms with Crippen LogP contribution in [-0.4, -0.2) is 29.1 Å². The first kappa shape index (κ1) is 19.7. The second-order valence-corrected chi connectivity index (χ2v) is 10.7. The fourth-order valence-electron chi connectivity index (χ4n) is 3.19. The number of hydrogen-bond acceptors (Lipinski definition) is 4. The Balaban J connectivity index is 1.81. The summed E-state index contributed by atoms with van der Waals surface area (Å²) >= 11 is 0. The first-order valence-corrected chi connectivity index (χ1v) is 12.2. The summed E-state index contributed by atoms with van der Waals surface area (Å²) in [6.45, 7) is 4.03. The van der Waals surface area contributed by atoms with Gasteiger partial charge >= 0.3 is 0 Å². The second-order valence-electron chi connectivity index (χ2n) is 6.77. The Morgan fingerprint density at radius 3 is 2.41 bits per heavy atom. The van der Waals surface area contributed by atoms with Crippen molar-refractivity contribution in [1.29, 1.82) is 0 Å². The van der Waals surface area contributed by atoms with E-state index in [0.717, 1.165) is 17.5 Å². The molecule has 1 aliphatic heterocycles. The number of benzene rings is 2. The van der Waals surface area contributed by atoms with Crippen LogP contribution in [-0.2, 0) is 32.2 Å². The van der Waals surface area contributed by atoms with Gasteiger partial charge in [-0.15, -0.1) is 0 Å². The van der Waals surface area contributed by atoms with Gasteiger partial charge in [0, 0.05) is 12.2 Å². The van der Waals surface area contributed by atoms with Crippen molar-refractivity contribution in [3.05, 3.63) is 59.2 Å². The average molecular weight is 409 g/mol. The van der Waals surface area contributed by atoms with Crippen molar-refractivity contribution < 1.29 is 16.8 Å². The highest BCUT2D eigenvalue weighted by Gasteiger charge is 2.26. The van der Waals surface area contributed by atoms with Gasteiger partial charge < -0.3 is 0 Å². The first-order chi connectivity index (χ1) is 12.7. The van der Waals surface area contributed by atoms with E-state index in [2.05, 4.69) is 4.72 Å². The number of nitrogens with zero attached hydrogens (tertiary/aromatic N) is 1. The minimum atomic E-state index is -3.56. The van der Waals surface area contributed by atoms with E-state index in [4.69, 9.17) is 0 Å². The second kappa shape index (κ2) is 7.52. The minimum absolute atomic E-state index is 0.0391. The van der Waals surface area contributed by atoms with Gasteiger partial charge in [-0.05, 0) is 56.0 Å². The number of anilines is 2. The number of rotatable bonds is 6. The lowest BCUT2D eigenvalue weighted by molar-refractivity contribution is 0.587. The maximum Gasteiger partial charge on any atom is 0.236 e. The molecular formula is C19H24N2O4S2. The molecule has 0 saturated carbocycles. The van der Waals surface area contributed by atoms with Gasteiger partial charge in [-0.1, -0.05) is 29.8 Å². The molecule has 0 aliphatic carbocycles. The molecule has 0 amide bonds. The van der Waals surface area contributed by atoms with Crippen LogP contribution in [0, 0.1) is 6.92 Å². The molecule has 6 nitrogen and oxygen atoms in total. The molecule has 3 rings (SSSR count). The van der Waals surface area contributed by atoms with Crippen molar-refractivity contribution in [3.8, 4) is 0 Å². The zero-order chi connectivity index (χ0) is 19.7. The summed E-state index contributed by atoms with van der Waals surface area (Å²) < 4.78 is 53.5. The number of sulfonamides is 2. The Morgan fingerprint density at radius 2 is 1.74 bits per heavy atom. The van der Waals surface area contributed by atoms with Crippen LogP contribution in [0.3, 0.4) is 0 Å². The summed E-state index contributed by atoms with van der Waals surface area (Å²) in [5.41, 5.74) is 3.73. The van der Waals surface area contributed by atoms with Crippen molar-refractivity contribution in [2.24, 2.45) is 0 Å². The van der Waals surface area contributed by atoms with E-state index < -0.39 is 20.0 Å². The molecule has 0 atom stereocenters. The highest BCUT2D eigenvalue weighted by atomic mass is 32.2. The van der Waals surface area contributed by atoms with Crippen LogP contribution in [0.15, 0.2) is 42.5 Å². The van der Waals surface area contributed by atoms with Crippen LogP contribution in [0.5, 0.6) is 0 Å². The molecule has 0 saturated heterocycles. The molecule has 2 aromatic carbocycles. The topological polar surface area (TPSA) is 83.6 Å². The predicted molar refractivity (Wildman–Crippen MR) is 109 cm³/mol. The minimum Gasteiger partial charge on any atom is -0.283 e. The average Bonchev–Trinajstić information content (AvgIpc) is 2.62. The van der Waals surface area contributed by atoms with E-state index in [9.17, 15) is 16.8 Å².